The van der Waals surface area contributed by atoms with Crippen molar-refractivity contribution in [2.45, 2.75) is 27.7 Å². The maximum absolute atomic E-state index is 2.17. The van der Waals surface area contributed by atoms with Crippen LogP contribution in [0.25, 0.3) is 0 Å². The fourth-order valence-electron chi connectivity index (χ4n) is 1.44. The molecule has 2 rings (SSSR count). The van der Waals surface area contributed by atoms with Crippen LogP contribution in [0, 0.1) is 62.2 Å². The average Bonchev–Trinajstić information content (AvgIpc) is 2.63. The maximum atomic E-state index is 2.17. The van der Waals surface area contributed by atoms with Gasteiger partial charge in [0.05, 0.1) is 0 Å². The fourth-order valence-corrected chi connectivity index (χ4v) is 1.44. The van der Waals surface area contributed by atoms with Crippen LogP contribution in [0.3, 0.4) is 0 Å². The maximum Gasteiger partial charge on any atom is 0 e. The third kappa shape index (κ3) is 6.72. The van der Waals surface area contributed by atoms with Gasteiger partial charge in [-0.25, -0.2) is 0 Å². The minimum atomic E-state index is 0. The summed E-state index contributed by atoms with van der Waals surface area (Å²) in [6.07, 6.45) is 12.8. The van der Waals surface area contributed by atoms with Crippen LogP contribution in [-0.2, 0) is 19.5 Å². The van der Waals surface area contributed by atoms with Crippen molar-refractivity contribution in [1.29, 1.82) is 0 Å². The number of rotatable bonds is 0. The van der Waals surface area contributed by atoms with Gasteiger partial charge in [0.2, 0.25) is 0 Å². The van der Waals surface area contributed by atoms with E-state index in [4.69, 9.17) is 0 Å². The molecule has 2 fully saturated rings. The Bertz CT molecular complexity index is 121. The van der Waals surface area contributed by atoms with Crippen molar-refractivity contribution in [2.75, 3.05) is 0 Å². The smallest absolute Gasteiger partial charge is 0 e. The van der Waals surface area contributed by atoms with E-state index in [1.165, 1.54) is 23.7 Å². The molecule has 0 aromatic rings. The van der Waals surface area contributed by atoms with Gasteiger partial charge in [0.1, 0.15) is 0 Å². The summed E-state index contributed by atoms with van der Waals surface area (Å²) in [6.45, 7) is 8.42. The minimum Gasteiger partial charge on any atom is -0.0585 e. The largest absolute Gasteiger partial charge is 0.0585 e. The van der Waals surface area contributed by atoms with Gasteiger partial charge >= 0.3 is 0 Å². The monoisotopic (exact) mass is 288 g/mol. The zero-order chi connectivity index (χ0) is 10.6. The summed E-state index contributed by atoms with van der Waals surface area (Å²) in [5.41, 5.74) is 0. The predicted molar refractivity (Wildman–Crippen MR) is 61.5 cm³/mol. The van der Waals surface area contributed by atoms with E-state index in [1.807, 2.05) is 0 Å². The molecule has 0 N–H and O–H groups in total. The average molecular weight is 287 g/mol. The molecule has 0 atom stereocenters. The quantitative estimate of drug-likeness (QED) is 0.597. The summed E-state index contributed by atoms with van der Waals surface area (Å²) in [6, 6.07) is 0. The molecule has 2 aliphatic rings. The van der Waals surface area contributed by atoms with Crippen molar-refractivity contribution in [3.8, 4) is 0 Å². The summed E-state index contributed by atoms with van der Waals surface area (Å²) in [4.78, 5) is 0. The summed E-state index contributed by atoms with van der Waals surface area (Å²) in [5.74, 6) is 5.44. The molecule has 82 valence electrons. The Morgan fingerprint density at radius 1 is 0.533 bits per heavy atom. The van der Waals surface area contributed by atoms with Gasteiger partial charge in [0.25, 0.3) is 0 Å². The second kappa shape index (κ2) is 7.83. The van der Waals surface area contributed by atoms with E-state index in [-0.39, 0.29) is 19.5 Å². The van der Waals surface area contributed by atoms with E-state index in [0.717, 1.165) is 0 Å². The van der Waals surface area contributed by atoms with Crippen molar-refractivity contribution in [3.05, 3.63) is 62.2 Å². The van der Waals surface area contributed by atoms with Crippen LogP contribution in [0.15, 0.2) is 0 Å². The van der Waals surface area contributed by atoms with Crippen LogP contribution in [0.4, 0.5) is 0 Å². The normalized spacial score (nSPS) is 24.8. The molecule has 0 heterocycles. The molecule has 2 saturated carbocycles. The van der Waals surface area contributed by atoms with E-state index in [0.29, 0.717) is 0 Å². The zero-order valence-corrected chi connectivity index (χ0v) is 11.6. The summed E-state index contributed by atoms with van der Waals surface area (Å²) >= 11 is 0. The van der Waals surface area contributed by atoms with Crippen molar-refractivity contribution < 1.29 is 19.5 Å². The fraction of sp³-hybridized carbons (Fsp3) is 0.286. The molecule has 15 heavy (non-hydrogen) atoms. The Labute approximate surface area is 109 Å². The van der Waals surface area contributed by atoms with Crippen LogP contribution in [-0.4, -0.2) is 0 Å². The summed E-state index contributed by atoms with van der Waals surface area (Å²) in [5, 5.41) is 0. The van der Waals surface area contributed by atoms with E-state index < -0.39 is 0 Å². The second-order valence-electron chi connectivity index (χ2n) is 3.93. The van der Waals surface area contributed by atoms with Gasteiger partial charge in [-0.15, -0.1) is 0 Å². The first-order chi connectivity index (χ1) is 6.58. The van der Waals surface area contributed by atoms with E-state index >= 15 is 0 Å². The van der Waals surface area contributed by atoms with Crippen LogP contribution >= 0.6 is 0 Å². The third-order valence-corrected chi connectivity index (χ3v) is 2.13. The molecule has 0 spiro atoms. The van der Waals surface area contributed by atoms with E-state index in [1.54, 1.807) is 0 Å². The molecule has 0 aliphatic heterocycles. The Morgan fingerprint density at radius 2 is 0.733 bits per heavy atom. The predicted octanol–water partition coefficient (Wildman–Crippen LogP) is 3.60. The molecule has 0 nitrogen and oxygen atoms in total. The zero-order valence-electron chi connectivity index (χ0n) is 9.82. The van der Waals surface area contributed by atoms with Crippen LogP contribution in [0.1, 0.15) is 27.7 Å². The van der Waals surface area contributed by atoms with Gasteiger partial charge in [-0.1, -0.05) is 27.7 Å². The molecular formula is C14H18Ru. The first kappa shape index (κ1) is 15.6. The Balaban J connectivity index is 0.000000245. The number of hydrogen-bond donors (Lipinski definition) is 0. The molecule has 10 radical (unpaired) electrons. The van der Waals surface area contributed by atoms with E-state index in [9.17, 15) is 0 Å². The van der Waals surface area contributed by atoms with Gasteiger partial charge < -0.3 is 0 Å². The number of hydrogen-bond acceptors (Lipinski definition) is 0. The Morgan fingerprint density at radius 3 is 0.800 bits per heavy atom. The third-order valence-electron chi connectivity index (χ3n) is 2.13. The molecule has 0 saturated heterocycles. The first-order valence-corrected chi connectivity index (χ1v) is 4.98. The van der Waals surface area contributed by atoms with Crippen molar-refractivity contribution >= 4 is 0 Å². The molecule has 0 bridgehead atoms. The molecule has 0 aromatic heterocycles. The topological polar surface area (TPSA) is 0 Å². The van der Waals surface area contributed by atoms with Crippen LogP contribution in [0.5, 0.6) is 0 Å². The van der Waals surface area contributed by atoms with Gasteiger partial charge in [-0.3, -0.25) is 0 Å². The van der Waals surface area contributed by atoms with Crippen molar-refractivity contribution in [3.63, 3.8) is 0 Å². The molecule has 2 aliphatic carbocycles. The molecular weight excluding hydrogens is 269 g/mol. The van der Waals surface area contributed by atoms with Crippen molar-refractivity contribution in [2.24, 2.45) is 0 Å². The van der Waals surface area contributed by atoms with Gasteiger partial charge in [-0.05, 0) is 62.2 Å². The Kier molecular flexibility index (Phi) is 8.15. The van der Waals surface area contributed by atoms with E-state index in [2.05, 4.69) is 66.2 Å². The first-order valence-electron chi connectivity index (χ1n) is 4.98. The van der Waals surface area contributed by atoms with Crippen LogP contribution in [0.2, 0.25) is 0 Å². The molecule has 0 unspecified atom stereocenters. The summed E-state index contributed by atoms with van der Waals surface area (Å²) in [7, 11) is 0. The molecule has 0 aromatic carbocycles. The van der Waals surface area contributed by atoms with Crippen molar-refractivity contribution in [1.82, 2.24) is 0 Å². The second-order valence-corrected chi connectivity index (χ2v) is 3.93. The molecule has 0 amide bonds. The van der Waals surface area contributed by atoms with Crippen LogP contribution < -0.4 is 0 Å². The minimum absolute atomic E-state index is 0. The molecule has 1 heteroatoms. The SMILES string of the molecule is C[C]1[CH][CH][C](C)[CH]1.C[C]1[CH][CH][C](C)[CH]1.[Ru]. The summed E-state index contributed by atoms with van der Waals surface area (Å²) < 4.78 is 0. The Hall–Kier alpha value is 0.623. The van der Waals surface area contributed by atoms with Gasteiger partial charge in [0.15, 0.2) is 0 Å². The van der Waals surface area contributed by atoms with Gasteiger partial charge in [0, 0.05) is 19.5 Å². The standard InChI is InChI=1S/2C7H9.Ru/c2*1-6-3-4-7(2)5-6;/h2*3-5H,1-2H3;. The van der Waals surface area contributed by atoms with Gasteiger partial charge in [-0.2, -0.15) is 0 Å².